The molecule has 98 valence electrons. The Morgan fingerprint density at radius 1 is 1.59 bits per heavy atom. The molecule has 2 aliphatic rings. The Labute approximate surface area is 109 Å². The van der Waals surface area contributed by atoms with Crippen LogP contribution in [0.2, 0.25) is 0 Å². The molecule has 1 aliphatic carbocycles. The molecule has 3 atom stereocenters. The molecule has 17 heavy (non-hydrogen) atoms. The van der Waals surface area contributed by atoms with Crippen LogP contribution in [0.5, 0.6) is 0 Å². The highest BCUT2D eigenvalue weighted by molar-refractivity contribution is 7.99. The zero-order valence-corrected chi connectivity index (χ0v) is 11.9. The summed E-state index contributed by atoms with van der Waals surface area (Å²) in [6.07, 6.45) is 5.88. The largest absolute Gasteiger partial charge is 0.388 e. The molecule has 0 spiro atoms. The topological polar surface area (TPSA) is 32.3 Å². The third-order valence-electron chi connectivity index (χ3n) is 4.26. The van der Waals surface area contributed by atoms with Crippen LogP contribution in [0.1, 0.15) is 33.1 Å². The number of rotatable bonds is 4. The fraction of sp³-hybridized carbons (Fsp3) is 0.857. The first-order valence-electron chi connectivity index (χ1n) is 6.78. The molecular weight excluding hydrogens is 230 g/mol. The zero-order chi connectivity index (χ0) is 12.3. The van der Waals surface area contributed by atoms with Crippen molar-refractivity contribution in [3.63, 3.8) is 0 Å². The number of allylic oxidation sites excluding steroid dienone is 1. The monoisotopic (exact) mass is 255 g/mol. The van der Waals surface area contributed by atoms with Crippen molar-refractivity contribution < 1.29 is 5.11 Å². The number of nitrogens with one attached hydrogen (secondary N) is 1. The van der Waals surface area contributed by atoms with Crippen molar-refractivity contribution in [1.82, 2.24) is 5.32 Å². The predicted octanol–water partition coefficient (Wildman–Crippen LogP) is 2.44. The van der Waals surface area contributed by atoms with Crippen LogP contribution >= 0.6 is 11.8 Å². The van der Waals surface area contributed by atoms with Gasteiger partial charge in [0, 0.05) is 18.8 Å². The molecule has 1 heterocycles. The van der Waals surface area contributed by atoms with Crippen LogP contribution in [0.4, 0.5) is 0 Å². The molecule has 0 bridgehead atoms. The van der Waals surface area contributed by atoms with Crippen molar-refractivity contribution in [3.8, 4) is 0 Å². The van der Waals surface area contributed by atoms with Crippen molar-refractivity contribution in [2.75, 3.05) is 24.6 Å². The fourth-order valence-electron chi connectivity index (χ4n) is 2.93. The number of hydrogen-bond acceptors (Lipinski definition) is 3. The minimum atomic E-state index is -0.444. The molecule has 1 saturated heterocycles. The van der Waals surface area contributed by atoms with Crippen LogP contribution in [0, 0.1) is 11.8 Å². The summed E-state index contributed by atoms with van der Waals surface area (Å²) in [6.45, 7) is 6.39. The fourth-order valence-corrected chi connectivity index (χ4v) is 4.23. The SMILES string of the molecule is CC1=CCC[C@H](C)[C@H]1CNC[C@]1(O)CCSC1. The Bertz CT molecular complexity index is 284. The number of aliphatic hydroxyl groups is 1. The van der Waals surface area contributed by atoms with E-state index in [4.69, 9.17) is 0 Å². The molecule has 3 heteroatoms. The Hall–Kier alpha value is 0.0100. The van der Waals surface area contributed by atoms with Gasteiger partial charge in [0.15, 0.2) is 0 Å². The van der Waals surface area contributed by atoms with E-state index in [-0.39, 0.29) is 0 Å². The minimum Gasteiger partial charge on any atom is -0.388 e. The van der Waals surface area contributed by atoms with E-state index in [1.54, 1.807) is 0 Å². The Balaban J connectivity index is 1.77. The molecular formula is C14H25NOS. The average Bonchev–Trinajstić information content (AvgIpc) is 2.70. The normalized spacial score (nSPS) is 38.2. The molecule has 2 N–H and O–H groups in total. The number of hydrogen-bond donors (Lipinski definition) is 2. The van der Waals surface area contributed by atoms with Crippen LogP contribution in [-0.2, 0) is 0 Å². The van der Waals surface area contributed by atoms with Crippen LogP contribution in [0.25, 0.3) is 0 Å². The molecule has 0 aromatic carbocycles. The maximum Gasteiger partial charge on any atom is 0.0869 e. The minimum absolute atomic E-state index is 0.444. The summed E-state index contributed by atoms with van der Waals surface area (Å²) in [5, 5.41) is 13.7. The Kier molecular flexibility index (Phi) is 4.56. The summed E-state index contributed by atoms with van der Waals surface area (Å²) in [5.41, 5.74) is 1.09. The molecule has 1 fully saturated rings. The van der Waals surface area contributed by atoms with Gasteiger partial charge in [0.05, 0.1) is 5.60 Å². The molecule has 1 aliphatic heterocycles. The van der Waals surface area contributed by atoms with Crippen molar-refractivity contribution in [3.05, 3.63) is 11.6 Å². The standard InChI is InChI=1S/C14H25NOS/c1-11-4-3-5-12(2)13(11)8-15-9-14(16)6-7-17-10-14/h4,12-13,15-16H,3,5-10H2,1-2H3/t12-,13-,14+/m0/s1. The summed E-state index contributed by atoms with van der Waals surface area (Å²) < 4.78 is 0. The van der Waals surface area contributed by atoms with Crippen LogP contribution < -0.4 is 5.32 Å². The first-order chi connectivity index (χ1) is 8.11. The third-order valence-corrected chi connectivity index (χ3v) is 5.50. The maximum absolute atomic E-state index is 10.3. The molecule has 0 amide bonds. The van der Waals surface area contributed by atoms with Gasteiger partial charge in [-0.3, -0.25) is 0 Å². The van der Waals surface area contributed by atoms with Crippen molar-refractivity contribution in [2.45, 2.75) is 38.7 Å². The van der Waals surface area contributed by atoms with E-state index in [9.17, 15) is 5.11 Å². The van der Waals surface area contributed by atoms with E-state index in [0.717, 1.165) is 36.9 Å². The van der Waals surface area contributed by atoms with Gasteiger partial charge in [0.2, 0.25) is 0 Å². The van der Waals surface area contributed by atoms with Gasteiger partial charge in [-0.05, 0) is 43.8 Å². The molecule has 0 aromatic rings. The maximum atomic E-state index is 10.3. The van der Waals surface area contributed by atoms with Gasteiger partial charge >= 0.3 is 0 Å². The van der Waals surface area contributed by atoms with Gasteiger partial charge in [-0.2, -0.15) is 11.8 Å². The van der Waals surface area contributed by atoms with Gasteiger partial charge in [-0.25, -0.2) is 0 Å². The second kappa shape index (κ2) is 5.77. The van der Waals surface area contributed by atoms with E-state index in [1.807, 2.05) is 11.8 Å². The second-order valence-electron chi connectivity index (χ2n) is 5.77. The molecule has 0 aromatic heterocycles. The molecule has 0 saturated carbocycles. The summed E-state index contributed by atoms with van der Waals surface area (Å²) in [7, 11) is 0. The molecule has 0 unspecified atom stereocenters. The van der Waals surface area contributed by atoms with Crippen molar-refractivity contribution in [1.29, 1.82) is 0 Å². The first-order valence-corrected chi connectivity index (χ1v) is 7.94. The highest BCUT2D eigenvalue weighted by atomic mass is 32.2. The Morgan fingerprint density at radius 3 is 3.06 bits per heavy atom. The average molecular weight is 255 g/mol. The van der Waals surface area contributed by atoms with Crippen molar-refractivity contribution in [2.24, 2.45) is 11.8 Å². The van der Waals surface area contributed by atoms with E-state index in [2.05, 4.69) is 25.2 Å². The number of thioether (sulfide) groups is 1. The Morgan fingerprint density at radius 2 is 2.41 bits per heavy atom. The van der Waals surface area contributed by atoms with E-state index < -0.39 is 5.60 Å². The molecule has 0 radical (unpaired) electrons. The van der Waals surface area contributed by atoms with Gasteiger partial charge < -0.3 is 10.4 Å². The van der Waals surface area contributed by atoms with Crippen LogP contribution in [-0.4, -0.2) is 35.3 Å². The highest BCUT2D eigenvalue weighted by Crippen LogP contribution is 2.30. The van der Waals surface area contributed by atoms with Gasteiger partial charge in [-0.1, -0.05) is 18.6 Å². The quantitative estimate of drug-likeness (QED) is 0.757. The zero-order valence-electron chi connectivity index (χ0n) is 11.0. The lowest BCUT2D eigenvalue weighted by Gasteiger charge is -2.30. The lowest BCUT2D eigenvalue weighted by Crippen LogP contribution is -2.43. The van der Waals surface area contributed by atoms with Gasteiger partial charge in [0.1, 0.15) is 0 Å². The smallest absolute Gasteiger partial charge is 0.0869 e. The van der Waals surface area contributed by atoms with Crippen LogP contribution in [0.3, 0.4) is 0 Å². The van der Waals surface area contributed by atoms with E-state index >= 15 is 0 Å². The van der Waals surface area contributed by atoms with E-state index in [0.29, 0.717) is 5.92 Å². The molecule has 2 nitrogen and oxygen atoms in total. The summed E-state index contributed by atoms with van der Waals surface area (Å²) in [4.78, 5) is 0. The lowest BCUT2D eigenvalue weighted by atomic mass is 9.80. The lowest BCUT2D eigenvalue weighted by molar-refractivity contribution is 0.0663. The third kappa shape index (κ3) is 3.49. The predicted molar refractivity (Wildman–Crippen MR) is 75.4 cm³/mol. The highest BCUT2D eigenvalue weighted by Gasteiger charge is 2.31. The van der Waals surface area contributed by atoms with Crippen LogP contribution in [0.15, 0.2) is 11.6 Å². The summed E-state index contributed by atoms with van der Waals surface area (Å²) >= 11 is 1.87. The molecule has 2 rings (SSSR count). The van der Waals surface area contributed by atoms with E-state index in [1.165, 1.54) is 18.4 Å². The van der Waals surface area contributed by atoms with Crippen molar-refractivity contribution >= 4 is 11.8 Å². The van der Waals surface area contributed by atoms with Gasteiger partial charge in [-0.15, -0.1) is 0 Å². The summed E-state index contributed by atoms with van der Waals surface area (Å²) in [5.74, 6) is 3.45. The summed E-state index contributed by atoms with van der Waals surface area (Å²) in [6, 6.07) is 0. The second-order valence-corrected chi connectivity index (χ2v) is 6.87. The first kappa shape index (κ1) is 13.4. The van der Waals surface area contributed by atoms with Gasteiger partial charge in [0.25, 0.3) is 0 Å².